The lowest BCUT2D eigenvalue weighted by Gasteiger charge is -2.35. The highest BCUT2D eigenvalue weighted by Crippen LogP contribution is 2.29. The molecule has 0 saturated carbocycles. The van der Waals surface area contributed by atoms with Gasteiger partial charge >= 0.3 is 0 Å². The molecule has 1 unspecified atom stereocenters. The standard InChI is InChI=1S/C16H19N5O2S/c1-12-3-4-13(10-17)9-15(12)24(22,23)21-8-5-18-11-14(21)16-19-6-7-20(16)2/h3-4,6-7,9,14,18H,5,8,11H2,1-2H3. The minimum Gasteiger partial charge on any atom is -0.337 e. The Morgan fingerprint density at radius 2 is 2.21 bits per heavy atom. The Hall–Kier alpha value is -2.21. The number of sulfonamides is 1. The first-order chi connectivity index (χ1) is 11.4. The lowest BCUT2D eigenvalue weighted by molar-refractivity contribution is 0.258. The minimum atomic E-state index is -3.73. The lowest BCUT2D eigenvalue weighted by Crippen LogP contribution is -2.49. The SMILES string of the molecule is Cc1ccc(C#N)cc1S(=O)(=O)N1CCNCC1c1nccn1C. The Morgan fingerprint density at radius 3 is 2.88 bits per heavy atom. The summed E-state index contributed by atoms with van der Waals surface area (Å²) in [6, 6.07) is 6.37. The van der Waals surface area contributed by atoms with Crippen LogP contribution >= 0.6 is 0 Å². The summed E-state index contributed by atoms with van der Waals surface area (Å²) >= 11 is 0. The predicted molar refractivity (Wildman–Crippen MR) is 88.6 cm³/mol. The molecule has 1 aromatic heterocycles. The highest BCUT2D eigenvalue weighted by Gasteiger charge is 2.37. The van der Waals surface area contributed by atoms with Crippen molar-refractivity contribution in [3.05, 3.63) is 47.5 Å². The Labute approximate surface area is 141 Å². The van der Waals surface area contributed by atoms with Crippen molar-refractivity contribution in [2.45, 2.75) is 17.9 Å². The van der Waals surface area contributed by atoms with E-state index in [9.17, 15) is 8.42 Å². The number of rotatable bonds is 3. The fourth-order valence-electron chi connectivity index (χ4n) is 2.97. The molecule has 0 aliphatic carbocycles. The number of imidazole rings is 1. The molecule has 0 bridgehead atoms. The van der Waals surface area contributed by atoms with E-state index in [-0.39, 0.29) is 10.9 Å². The van der Waals surface area contributed by atoms with E-state index in [4.69, 9.17) is 5.26 Å². The Kier molecular flexibility index (Phi) is 4.41. The van der Waals surface area contributed by atoms with Crippen molar-refractivity contribution in [3.63, 3.8) is 0 Å². The van der Waals surface area contributed by atoms with Crippen molar-refractivity contribution in [2.24, 2.45) is 7.05 Å². The largest absolute Gasteiger partial charge is 0.337 e. The van der Waals surface area contributed by atoms with Crippen molar-refractivity contribution in [1.82, 2.24) is 19.2 Å². The Bertz CT molecular complexity index is 897. The van der Waals surface area contributed by atoms with Gasteiger partial charge in [0, 0.05) is 39.1 Å². The zero-order valence-corrected chi connectivity index (χ0v) is 14.4. The molecular formula is C16H19N5O2S. The van der Waals surface area contributed by atoms with Crippen LogP contribution < -0.4 is 5.32 Å². The normalized spacial score (nSPS) is 19.1. The van der Waals surface area contributed by atoms with E-state index in [1.165, 1.54) is 10.4 Å². The first-order valence-corrected chi connectivity index (χ1v) is 9.09. The fourth-order valence-corrected chi connectivity index (χ4v) is 4.80. The highest BCUT2D eigenvalue weighted by atomic mass is 32.2. The summed E-state index contributed by atoms with van der Waals surface area (Å²) in [4.78, 5) is 4.50. The van der Waals surface area contributed by atoms with E-state index in [0.29, 0.717) is 36.6 Å². The van der Waals surface area contributed by atoms with Crippen molar-refractivity contribution in [2.75, 3.05) is 19.6 Å². The number of aryl methyl sites for hydroxylation is 2. The molecule has 0 radical (unpaired) electrons. The number of nitrogens with zero attached hydrogens (tertiary/aromatic N) is 4. The van der Waals surface area contributed by atoms with Crippen molar-refractivity contribution < 1.29 is 8.42 Å². The Balaban J connectivity index is 2.07. The van der Waals surface area contributed by atoms with Crippen LogP contribution in [0.25, 0.3) is 0 Å². The van der Waals surface area contributed by atoms with Crippen molar-refractivity contribution in [1.29, 1.82) is 5.26 Å². The van der Waals surface area contributed by atoms with Gasteiger partial charge in [0.05, 0.1) is 22.6 Å². The molecule has 1 aromatic carbocycles. The van der Waals surface area contributed by atoms with Gasteiger partial charge in [0.2, 0.25) is 10.0 Å². The number of nitrogens with one attached hydrogen (secondary N) is 1. The topological polar surface area (TPSA) is 91.0 Å². The van der Waals surface area contributed by atoms with Crippen LogP contribution in [0, 0.1) is 18.3 Å². The minimum absolute atomic E-state index is 0.183. The molecule has 3 rings (SSSR count). The molecule has 1 aliphatic rings. The van der Waals surface area contributed by atoms with Gasteiger partial charge in [-0.1, -0.05) is 6.07 Å². The third kappa shape index (κ3) is 2.82. The molecule has 1 saturated heterocycles. The maximum atomic E-state index is 13.2. The quantitative estimate of drug-likeness (QED) is 0.894. The highest BCUT2D eigenvalue weighted by molar-refractivity contribution is 7.89. The van der Waals surface area contributed by atoms with E-state index in [2.05, 4.69) is 10.3 Å². The van der Waals surface area contributed by atoms with Crippen LogP contribution in [0.4, 0.5) is 0 Å². The molecule has 2 aromatic rings. The number of benzene rings is 1. The van der Waals surface area contributed by atoms with Crippen LogP contribution in [0.15, 0.2) is 35.5 Å². The van der Waals surface area contributed by atoms with Gasteiger partial charge in [0.15, 0.2) is 0 Å². The molecule has 1 N–H and O–H groups in total. The zero-order valence-electron chi connectivity index (χ0n) is 13.6. The molecule has 1 aliphatic heterocycles. The molecule has 7 nitrogen and oxygen atoms in total. The van der Waals surface area contributed by atoms with E-state index in [1.54, 1.807) is 31.5 Å². The molecular weight excluding hydrogens is 326 g/mol. The van der Waals surface area contributed by atoms with Gasteiger partial charge in [-0.15, -0.1) is 0 Å². The molecule has 1 fully saturated rings. The van der Waals surface area contributed by atoms with Gasteiger partial charge in [-0.3, -0.25) is 0 Å². The first-order valence-electron chi connectivity index (χ1n) is 7.65. The van der Waals surface area contributed by atoms with Crippen LogP contribution in [0.1, 0.15) is 23.0 Å². The summed E-state index contributed by atoms with van der Waals surface area (Å²) in [5.74, 6) is 0.694. The van der Waals surface area contributed by atoms with Crippen LogP contribution in [0.2, 0.25) is 0 Å². The van der Waals surface area contributed by atoms with Crippen LogP contribution in [-0.2, 0) is 17.1 Å². The molecule has 126 valence electrons. The summed E-state index contributed by atoms with van der Waals surface area (Å²) < 4.78 is 29.8. The predicted octanol–water partition coefficient (Wildman–Crippen LogP) is 0.935. The summed E-state index contributed by atoms with van der Waals surface area (Å²) in [6.45, 7) is 3.18. The number of hydrogen-bond donors (Lipinski definition) is 1. The van der Waals surface area contributed by atoms with Gasteiger partial charge in [0.1, 0.15) is 5.82 Å². The molecule has 2 heterocycles. The van der Waals surface area contributed by atoms with Crippen LogP contribution in [-0.4, -0.2) is 41.9 Å². The second-order valence-corrected chi connectivity index (χ2v) is 7.68. The summed E-state index contributed by atoms with van der Waals surface area (Å²) in [7, 11) is -1.88. The van der Waals surface area contributed by atoms with E-state index in [1.807, 2.05) is 17.7 Å². The monoisotopic (exact) mass is 345 g/mol. The van der Waals surface area contributed by atoms with E-state index >= 15 is 0 Å². The van der Waals surface area contributed by atoms with Gasteiger partial charge in [-0.25, -0.2) is 13.4 Å². The summed E-state index contributed by atoms with van der Waals surface area (Å²) in [5.41, 5.74) is 0.967. The van der Waals surface area contributed by atoms with Crippen LogP contribution in [0.5, 0.6) is 0 Å². The second kappa shape index (κ2) is 6.36. The fraction of sp³-hybridized carbons (Fsp3) is 0.375. The van der Waals surface area contributed by atoms with Crippen molar-refractivity contribution in [3.8, 4) is 6.07 Å². The second-order valence-electron chi connectivity index (χ2n) is 5.82. The van der Waals surface area contributed by atoms with Gasteiger partial charge in [-0.05, 0) is 24.6 Å². The molecule has 0 spiro atoms. The van der Waals surface area contributed by atoms with Gasteiger partial charge in [0.25, 0.3) is 0 Å². The maximum Gasteiger partial charge on any atom is 0.244 e. The molecule has 24 heavy (non-hydrogen) atoms. The summed E-state index contributed by atoms with van der Waals surface area (Å²) in [5, 5.41) is 12.3. The maximum absolute atomic E-state index is 13.2. The first kappa shape index (κ1) is 16.6. The van der Waals surface area contributed by atoms with Crippen LogP contribution in [0.3, 0.4) is 0 Å². The van der Waals surface area contributed by atoms with E-state index in [0.717, 1.165) is 0 Å². The average Bonchev–Trinajstić information content (AvgIpc) is 3.01. The third-order valence-corrected chi connectivity index (χ3v) is 6.30. The lowest BCUT2D eigenvalue weighted by atomic mass is 10.2. The number of nitriles is 1. The Morgan fingerprint density at radius 1 is 1.42 bits per heavy atom. The smallest absolute Gasteiger partial charge is 0.244 e. The van der Waals surface area contributed by atoms with Gasteiger partial charge < -0.3 is 9.88 Å². The number of hydrogen-bond acceptors (Lipinski definition) is 5. The third-order valence-electron chi connectivity index (χ3n) is 4.25. The zero-order chi connectivity index (χ0) is 17.3. The number of piperazine rings is 1. The molecule has 8 heteroatoms. The summed E-state index contributed by atoms with van der Waals surface area (Å²) in [6.07, 6.45) is 3.46. The molecule has 1 atom stereocenters. The van der Waals surface area contributed by atoms with Gasteiger partial charge in [-0.2, -0.15) is 9.57 Å². The van der Waals surface area contributed by atoms with Crippen molar-refractivity contribution >= 4 is 10.0 Å². The number of aromatic nitrogens is 2. The van der Waals surface area contributed by atoms with E-state index < -0.39 is 10.0 Å². The average molecular weight is 345 g/mol. The molecule has 0 amide bonds.